The van der Waals surface area contributed by atoms with Gasteiger partial charge in [0.1, 0.15) is 6.73 Å². The average Bonchev–Trinajstić information content (AvgIpc) is 2.37. The van der Waals surface area contributed by atoms with Crippen molar-refractivity contribution in [3.8, 4) is 0 Å². The second-order valence-corrected chi connectivity index (χ2v) is 5.01. The molecule has 0 fully saturated rings. The maximum atomic E-state index is 5.68. The summed E-state index contributed by atoms with van der Waals surface area (Å²) in [6.07, 6.45) is 4.53. The number of nitrogens with zero attached hydrogens (tertiary/aromatic N) is 1. The number of unbranched alkanes of at least 4 members (excludes halogenated alkanes) is 1. The molecule has 19 heavy (non-hydrogen) atoms. The number of rotatable bonds is 12. The van der Waals surface area contributed by atoms with Gasteiger partial charge in [0.2, 0.25) is 0 Å². The molecule has 0 aromatic rings. The number of guanidine groups is 1. The molecule has 5 nitrogen and oxygen atoms in total. The largest absolute Gasteiger partial charge is 0.380 e. The monoisotopic (exact) mass is 273 g/mol. The summed E-state index contributed by atoms with van der Waals surface area (Å²) < 4.78 is 10.8. The molecule has 0 saturated carbocycles. The van der Waals surface area contributed by atoms with Crippen molar-refractivity contribution in [3.63, 3.8) is 0 Å². The summed E-state index contributed by atoms with van der Waals surface area (Å²) in [5.74, 6) is 1.15. The smallest absolute Gasteiger partial charge is 0.190 e. The van der Waals surface area contributed by atoms with Gasteiger partial charge in [-0.1, -0.05) is 27.2 Å². The highest BCUT2D eigenvalue weighted by Gasteiger charge is 1.94. The minimum atomic E-state index is 0.327. The third-order valence-corrected chi connectivity index (χ3v) is 2.59. The van der Waals surface area contributed by atoms with Gasteiger partial charge in [-0.2, -0.15) is 0 Å². The third-order valence-electron chi connectivity index (χ3n) is 2.59. The van der Waals surface area contributed by atoms with E-state index in [2.05, 4.69) is 31.1 Å². The molecule has 114 valence electrons. The van der Waals surface area contributed by atoms with Crippen LogP contribution in [-0.2, 0) is 9.47 Å². The molecule has 5 heteroatoms. The Morgan fingerprint density at radius 2 is 1.89 bits per heavy atom. The van der Waals surface area contributed by atoms with E-state index in [1.54, 1.807) is 0 Å². The molecule has 0 aromatic heterocycles. The quantitative estimate of drug-likeness (QED) is 0.325. The second kappa shape index (κ2) is 13.6. The normalized spacial score (nSPS) is 12.1. The number of hydrogen-bond donors (Lipinski definition) is 2. The van der Waals surface area contributed by atoms with Crippen LogP contribution in [0.4, 0.5) is 0 Å². The fraction of sp³-hybridized carbons (Fsp3) is 0.929. The van der Waals surface area contributed by atoms with Crippen LogP contribution in [0.3, 0.4) is 0 Å². The molecule has 0 rings (SSSR count). The van der Waals surface area contributed by atoms with Crippen LogP contribution >= 0.6 is 0 Å². The Kier molecular flexibility index (Phi) is 13.0. The van der Waals surface area contributed by atoms with E-state index in [1.807, 2.05) is 0 Å². The van der Waals surface area contributed by atoms with Gasteiger partial charge in [-0.15, -0.1) is 0 Å². The van der Waals surface area contributed by atoms with E-state index in [9.17, 15) is 0 Å². The number of ether oxygens (including phenoxy) is 2. The Morgan fingerprint density at radius 1 is 1.16 bits per heavy atom. The summed E-state index contributed by atoms with van der Waals surface area (Å²) in [6.45, 7) is 9.80. The highest BCUT2D eigenvalue weighted by molar-refractivity contribution is 5.77. The molecule has 0 aliphatic rings. The lowest BCUT2D eigenvalue weighted by Crippen LogP contribution is -2.34. The molecular formula is C14H31N3O2. The number of aliphatic imine (C=N–C) groups is 1. The Bertz CT molecular complexity index is 221. The van der Waals surface area contributed by atoms with E-state index in [4.69, 9.17) is 15.2 Å². The Morgan fingerprint density at radius 3 is 2.58 bits per heavy atom. The summed E-state index contributed by atoms with van der Waals surface area (Å²) in [4.78, 5) is 4.08. The topological polar surface area (TPSA) is 68.9 Å². The summed E-state index contributed by atoms with van der Waals surface area (Å²) >= 11 is 0. The van der Waals surface area contributed by atoms with Crippen LogP contribution in [0.15, 0.2) is 4.99 Å². The lowest BCUT2D eigenvalue weighted by atomic mass is 10.1. The zero-order valence-corrected chi connectivity index (χ0v) is 12.8. The highest BCUT2D eigenvalue weighted by atomic mass is 16.5. The van der Waals surface area contributed by atoms with Gasteiger partial charge in [0, 0.05) is 19.8 Å². The lowest BCUT2D eigenvalue weighted by molar-refractivity contribution is 0.133. The predicted molar refractivity (Wildman–Crippen MR) is 80.2 cm³/mol. The van der Waals surface area contributed by atoms with Crippen molar-refractivity contribution < 1.29 is 9.47 Å². The van der Waals surface area contributed by atoms with Gasteiger partial charge in [-0.05, 0) is 25.2 Å². The van der Waals surface area contributed by atoms with Gasteiger partial charge in [0.15, 0.2) is 5.96 Å². The Labute approximate surface area is 117 Å². The predicted octanol–water partition coefficient (Wildman–Crippen LogP) is 2.12. The molecule has 0 amide bonds. The van der Waals surface area contributed by atoms with Crippen molar-refractivity contribution in [1.82, 2.24) is 5.32 Å². The zero-order chi connectivity index (χ0) is 14.3. The van der Waals surface area contributed by atoms with E-state index in [1.165, 1.54) is 6.42 Å². The van der Waals surface area contributed by atoms with Crippen LogP contribution in [0.1, 0.15) is 46.5 Å². The minimum Gasteiger partial charge on any atom is -0.380 e. The average molecular weight is 273 g/mol. The van der Waals surface area contributed by atoms with Crippen LogP contribution < -0.4 is 11.1 Å². The summed E-state index contributed by atoms with van der Waals surface area (Å²) in [5.41, 5.74) is 5.68. The van der Waals surface area contributed by atoms with Crippen molar-refractivity contribution in [3.05, 3.63) is 0 Å². The molecule has 0 heterocycles. The molecule has 0 saturated heterocycles. The molecule has 0 unspecified atom stereocenters. The van der Waals surface area contributed by atoms with Crippen molar-refractivity contribution >= 4 is 5.96 Å². The molecule has 0 spiro atoms. The van der Waals surface area contributed by atoms with E-state index in [-0.39, 0.29) is 0 Å². The summed E-state index contributed by atoms with van der Waals surface area (Å²) in [6, 6.07) is 0. The first-order valence-electron chi connectivity index (χ1n) is 7.36. The van der Waals surface area contributed by atoms with E-state index >= 15 is 0 Å². The minimum absolute atomic E-state index is 0.327. The SMILES string of the molecule is CCCCOCCNC(N)=NCOCCCC(C)C. The first kappa shape index (κ1) is 18.2. The first-order chi connectivity index (χ1) is 9.16. The summed E-state index contributed by atoms with van der Waals surface area (Å²) in [7, 11) is 0. The van der Waals surface area contributed by atoms with E-state index in [0.717, 1.165) is 38.4 Å². The lowest BCUT2D eigenvalue weighted by Gasteiger charge is -2.07. The van der Waals surface area contributed by atoms with Gasteiger partial charge in [-0.25, -0.2) is 4.99 Å². The van der Waals surface area contributed by atoms with Gasteiger partial charge in [-0.3, -0.25) is 0 Å². The standard InChI is InChI=1S/C14H31N3O2/c1-4-5-9-18-11-8-16-14(15)17-12-19-10-6-7-13(2)3/h13H,4-12H2,1-3H3,(H3,15,16,17). The van der Waals surface area contributed by atoms with Crippen LogP contribution in [0, 0.1) is 5.92 Å². The zero-order valence-electron chi connectivity index (χ0n) is 12.8. The Balaban J connectivity index is 3.30. The van der Waals surface area contributed by atoms with Crippen LogP contribution in [0.25, 0.3) is 0 Å². The van der Waals surface area contributed by atoms with Gasteiger partial charge < -0.3 is 20.5 Å². The van der Waals surface area contributed by atoms with Crippen molar-refractivity contribution in [2.45, 2.75) is 46.5 Å². The van der Waals surface area contributed by atoms with E-state index in [0.29, 0.717) is 25.8 Å². The maximum Gasteiger partial charge on any atom is 0.190 e. The molecular weight excluding hydrogens is 242 g/mol. The molecule has 0 atom stereocenters. The molecule has 0 radical (unpaired) electrons. The molecule has 0 aromatic carbocycles. The van der Waals surface area contributed by atoms with Crippen LogP contribution in [0.2, 0.25) is 0 Å². The van der Waals surface area contributed by atoms with Crippen molar-refractivity contribution in [2.24, 2.45) is 16.6 Å². The van der Waals surface area contributed by atoms with Crippen LogP contribution in [0.5, 0.6) is 0 Å². The molecule has 0 bridgehead atoms. The number of nitrogens with two attached hydrogens (primary N) is 1. The second-order valence-electron chi connectivity index (χ2n) is 5.01. The fourth-order valence-corrected chi connectivity index (χ4v) is 1.43. The van der Waals surface area contributed by atoms with Gasteiger partial charge >= 0.3 is 0 Å². The summed E-state index contributed by atoms with van der Waals surface area (Å²) in [5, 5.41) is 2.99. The Hall–Kier alpha value is -0.810. The van der Waals surface area contributed by atoms with Crippen molar-refractivity contribution in [1.29, 1.82) is 0 Å². The number of hydrogen-bond acceptors (Lipinski definition) is 3. The fourth-order valence-electron chi connectivity index (χ4n) is 1.43. The molecule has 0 aliphatic heterocycles. The molecule has 0 aliphatic carbocycles. The maximum absolute atomic E-state index is 5.68. The number of nitrogens with one attached hydrogen (secondary N) is 1. The molecule has 3 N–H and O–H groups in total. The highest BCUT2D eigenvalue weighted by Crippen LogP contribution is 2.02. The van der Waals surface area contributed by atoms with E-state index < -0.39 is 0 Å². The van der Waals surface area contributed by atoms with Crippen molar-refractivity contribution in [2.75, 3.05) is 33.1 Å². The van der Waals surface area contributed by atoms with Gasteiger partial charge in [0.25, 0.3) is 0 Å². The first-order valence-corrected chi connectivity index (χ1v) is 7.36. The van der Waals surface area contributed by atoms with Crippen LogP contribution in [-0.4, -0.2) is 39.1 Å². The van der Waals surface area contributed by atoms with Gasteiger partial charge in [0.05, 0.1) is 6.61 Å². The third kappa shape index (κ3) is 15.1.